The van der Waals surface area contributed by atoms with E-state index in [-0.39, 0.29) is 0 Å². The van der Waals surface area contributed by atoms with Crippen molar-refractivity contribution in [2.45, 2.75) is 26.3 Å². The summed E-state index contributed by atoms with van der Waals surface area (Å²) >= 11 is 0. The van der Waals surface area contributed by atoms with Crippen LogP contribution in [0.2, 0.25) is 0 Å². The lowest BCUT2D eigenvalue weighted by atomic mass is 10.1. The van der Waals surface area contributed by atoms with Crippen LogP contribution in [0.5, 0.6) is 5.75 Å². The van der Waals surface area contributed by atoms with Crippen LogP contribution < -0.4 is 10.4 Å². The van der Waals surface area contributed by atoms with E-state index < -0.39 is 36.3 Å². The fourth-order valence-electron chi connectivity index (χ4n) is 2.20. The molecule has 8 heteroatoms. The molecule has 142 valence electrons. The molecule has 0 atom stereocenters. The molecule has 0 spiro atoms. The summed E-state index contributed by atoms with van der Waals surface area (Å²) in [5.41, 5.74) is -0.358. The van der Waals surface area contributed by atoms with E-state index in [1.54, 1.807) is 32.9 Å². The Morgan fingerprint density at radius 1 is 1.26 bits per heavy atom. The van der Waals surface area contributed by atoms with E-state index in [1.165, 1.54) is 24.1 Å². The quantitative estimate of drug-likeness (QED) is 0.561. The van der Waals surface area contributed by atoms with Gasteiger partial charge in [-0.3, -0.25) is 4.79 Å². The fourth-order valence-corrected chi connectivity index (χ4v) is 2.20. The summed E-state index contributed by atoms with van der Waals surface area (Å²) in [6.07, 6.45) is 0. The Hall–Kier alpha value is -3.34. The zero-order valence-electron chi connectivity index (χ0n) is 15.6. The molecule has 1 aromatic heterocycles. The fraction of sp³-hybridized carbons (Fsp3) is 0.368. The minimum Gasteiger partial charge on any atom is -0.482 e. The molecule has 0 radical (unpaired) electrons. The van der Waals surface area contributed by atoms with Gasteiger partial charge in [-0.25, -0.2) is 9.59 Å². The topological polar surface area (TPSA) is 110 Å². The van der Waals surface area contributed by atoms with Crippen LogP contribution in [0.3, 0.4) is 0 Å². The molecule has 0 fully saturated rings. The molecular weight excluding hydrogens is 352 g/mol. The van der Waals surface area contributed by atoms with Gasteiger partial charge in [0.15, 0.2) is 13.2 Å². The third kappa shape index (κ3) is 4.85. The smallest absolute Gasteiger partial charge is 0.344 e. The van der Waals surface area contributed by atoms with Crippen LogP contribution in [0, 0.1) is 18.3 Å². The number of amides is 1. The van der Waals surface area contributed by atoms with Crippen molar-refractivity contribution in [1.29, 1.82) is 5.26 Å². The molecule has 0 unspecified atom stereocenters. The molecule has 1 amide bonds. The molecule has 27 heavy (non-hydrogen) atoms. The maximum atomic E-state index is 12.0. The highest BCUT2D eigenvalue weighted by Gasteiger charge is 2.27. The number of benzene rings is 1. The Balaban J connectivity index is 1.92. The molecule has 1 aromatic carbocycles. The Morgan fingerprint density at radius 2 is 1.96 bits per heavy atom. The zero-order valence-corrected chi connectivity index (χ0v) is 15.6. The first-order chi connectivity index (χ1) is 12.6. The van der Waals surface area contributed by atoms with Crippen molar-refractivity contribution in [3.63, 3.8) is 0 Å². The van der Waals surface area contributed by atoms with Gasteiger partial charge in [0.2, 0.25) is 0 Å². The summed E-state index contributed by atoms with van der Waals surface area (Å²) in [6, 6.07) is 8.24. The molecule has 0 aliphatic rings. The van der Waals surface area contributed by atoms with Gasteiger partial charge in [-0.1, -0.05) is 0 Å². The highest BCUT2D eigenvalue weighted by Crippen LogP contribution is 2.22. The highest BCUT2D eigenvalue weighted by atomic mass is 16.6. The van der Waals surface area contributed by atoms with Crippen molar-refractivity contribution in [2.75, 3.05) is 20.3 Å². The first-order valence-electron chi connectivity index (χ1n) is 8.15. The predicted molar refractivity (Wildman–Crippen MR) is 96.1 cm³/mol. The first kappa shape index (κ1) is 20.0. The van der Waals surface area contributed by atoms with Crippen LogP contribution in [0.15, 0.2) is 33.5 Å². The van der Waals surface area contributed by atoms with Crippen LogP contribution in [-0.2, 0) is 14.3 Å². The van der Waals surface area contributed by atoms with Gasteiger partial charge in [-0.2, -0.15) is 5.26 Å². The van der Waals surface area contributed by atoms with Gasteiger partial charge < -0.3 is 18.8 Å². The molecule has 8 nitrogen and oxygen atoms in total. The predicted octanol–water partition coefficient (Wildman–Crippen LogP) is 1.78. The van der Waals surface area contributed by atoms with Crippen molar-refractivity contribution >= 4 is 22.8 Å². The van der Waals surface area contributed by atoms with Crippen molar-refractivity contribution in [2.24, 2.45) is 0 Å². The molecule has 2 rings (SSSR count). The van der Waals surface area contributed by atoms with E-state index >= 15 is 0 Å². The number of rotatable bonds is 6. The molecular formula is C19H20N2O6. The van der Waals surface area contributed by atoms with E-state index in [0.29, 0.717) is 11.3 Å². The lowest BCUT2D eigenvalue weighted by Gasteiger charge is -2.28. The Kier molecular flexibility index (Phi) is 5.85. The SMILES string of the molecule is Cc1cc(=O)oc2cc(OCC(=O)OCC(=O)N(C)C(C)(C)C#N)ccc12. The third-order valence-corrected chi connectivity index (χ3v) is 4.12. The van der Waals surface area contributed by atoms with E-state index in [9.17, 15) is 14.4 Å². The van der Waals surface area contributed by atoms with Crippen molar-refractivity contribution < 1.29 is 23.5 Å². The van der Waals surface area contributed by atoms with Crippen LogP contribution >= 0.6 is 0 Å². The van der Waals surface area contributed by atoms with Crippen molar-refractivity contribution in [1.82, 2.24) is 4.90 Å². The minimum absolute atomic E-state index is 0.322. The molecule has 0 saturated heterocycles. The monoisotopic (exact) mass is 372 g/mol. The van der Waals surface area contributed by atoms with Crippen LogP contribution in [0.1, 0.15) is 19.4 Å². The average molecular weight is 372 g/mol. The molecule has 2 aromatic rings. The average Bonchev–Trinajstić information content (AvgIpc) is 2.63. The second kappa shape index (κ2) is 7.91. The maximum Gasteiger partial charge on any atom is 0.344 e. The number of aryl methyl sites for hydroxylation is 1. The summed E-state index contributed by atoms with van der Waals surface area (Å²) < 4.78 is 15.3. The first-order valence-corrected chi connectivity index (χ1v) is 8.15. The van der Waals surface area contributed by atoms with Crippen molar-refractivity contribution in [3.8, 4) is 11.8 Å². The molecule has 0 saturated carbocycles. The number of nitrogens with zero attached hydrogens (tertiary/aromatic N) is 2. The molecule has 0 N–H and O–H groups in total. The summed E-state index contributed by atoms with van der Waals surface area (Å²) in [5.74, 6) is -0.919. The largest absolute Gasteiger partial charge is 0.482 e. The van der Waals surface area contributed by atoms with Crippen molar-refractivity contribution in [3.05, 3.63) is 40.2 Å². The lowest BCUT2D eigenvalue weighted by molar-refractivity contribution is -0.154. The standard InChI is InChI=1S/C19H20N2O6/c1-12-7-17(23)27-15-8-13(5-6-14(12)15)25-10-18(24)26-9-16(22)21(4)19(2,3)11-20/h5-8H,9-10H2,1-4H3. The van der Waals surface area contributed by atoms with Gasteiger partial charge in [0.1, 0.15) is 16.9 Å². The van der Waals surface area contributed by atoms with Gasteiger partial charge in [-0.05, 0) is 38.5 Å². The Labute approximate surface area is 155 Å². The third-order valence-electron chi connectivity index (χ3n) is 4.12. The number of likely N-dealkylation sites (N-methyl/N-ethyl adjacent to an activating group) is 1. The number of fused-ring (bicyclic) bond motifs is 1. The van der Waals surface area contributed by atoms with Gasteiger partial charge >= 0.3 is 11.6 Å². The summed E-state index contributed by atoms with van der Waals surface area (Å²) in [4.78, 5) is 36.4. The van der Waals surface area contributed by atoms with E-state index in [0.717, 1.165) is 10.9 Å². The van der Waals surface area contributed by atoms with E-state index in [2.05, 4.69) is 0 Å². The molecule has 1 heterocycles. The normalized spacial score (nSPS) is 10.9. The van der Waals surface area contributed by atoms with E-state index in [1.807, 2.05) is 6.07 Å². The summed E-state index contributed by atoms with van der Waals surface area (Å²) in [6.45, 7) is 4.04. The van der Waals surface area contributed by atoms with Gasteiger partial charge in [0, 0.05) is 24.6 Å². The Bertz CT molecular complexity index is 970. The molecule has 0 bridgehead atoms. The summed E-state index contributed by atoms with van der Waals surface area (Å²) in [7, 11) is 1.46. The van der Waals surface area contributed by atoms with E-state index in [4.69, 9.17) is 19.2 Å². The van der Waals surface area contributed by atoms with Crippen LogP contribution in [0.25, 0.3) is 11.0 Å². The number of esters is 1. The second-order valence-electron chi connectivity index (χ2n) is 6.48. The van der Waals surface area contributed by atoms with Crippen LogP contribution in [-0.4, -0.2) is 42.6 Å². The number of carbonyl (C=O) groups excluding carboxylic acids is 2. The number of hydrogen-bond acceptors (Lipinski definition) is 7. The summed E-state index contributed by atoms with van der Waals surface area (Å²) in [5, 5.41) is 9.77. The zero-order chi connectivity index (χ0) is 20.2. The molecule has 0 aliphatic heterocycles. The van der Waals surface area contributed by atoms with Crippen LogP contribution in [0.4, 0.5) is 0 Å². The lowest BCUT2D eigenvalue weighted by Crippen LogP contribution is -2.45. The Morgan fingerprint density at radius 3 is 2.63 bits per heavy atom. The van der Waals surface area contributed by atoms with Gasteiger partial charge in [0.25, 0.3) is 5.91 Å². The number of hydrogen-bond donors (Lipinski definition) is 0. The minimum atomic E-state index is -1.01. The second-order valence-corrected chi connectivity index (χ2v) is 6.48. The maximum absolute atomic E-state index is 12.0. The number of ether oxygens (including phenoxy) is 2. The highest BCUT2D eigenvalue weighted by molar-refractivity contribution is 5.82. The number of carbonyl (C=O) groups is 2. The number of nitriles is 1. The molecule has 0 aliphatic carbocycles. The van der Waals surface area contributed by atoms with Gasteiger partial charge in [0.05, 0.1) is 6.07 Å². The van der Waals surface area contributed by atoms with Gasteiger partial charge in [-0.15, -0.1) is 0 Å².